The summed E-state index contributed by atoms with van der Waals surface area (Å²) in [5.41, 5.74) is 0.929. The van der Waals surface area contributed by atoms with Crippen molar-refractivity contribution in [2.24, 2.45) is 5.92 Å². The lowest BCUT2D eigenvalue weighted by Gasteiger charge is -2.21. The number of hydrogen-bond acceptors (Lipinski definition) is 4. The Bertz CT molecular complexity index is 739. The molecule has 126 valence electrons. The number of nitrogens with one attached hydrogen (secondary N) is 1. The Kier molecular flexibility index (Phi) is 6.25. The second-order valence-corrected chi connectivity index (χ2v) is 10.0. The van der Waals surface area contributed by atoms with Crippen LogP contribution in [-0.4, -0.2) is 15.5 Å². The first kappa shape index (κ1) is 18.4. The van der Waals surface area contributed by atoms with E-state index in [1.807, 2.05) is 24.3 Å². The molecule has 1 N–H and O–H groups in total. The van der Waals surface area contributed by atoms with Gasteiger partial charge in [-0.3, -0.25) is 0 Å². The van der Waals surface area contributed by atoms with Crippen molar-refractivity contribution in [2.75, 3.05) is 7.11 Å². The summed E-state index contributed by atoms with van der Waals surface area (Å²) < 4.78 is 34.3. The maximum absolute atomic E-state index is 12.6. The Balaban J connectivity index is 2.27. The van der Waals surface area contributed by atoms with Gasteiger partial charge in [0.1, 0.15) is 9.96 Å². The fraction of sp³-hybridized carbons (Fsp3) is 0.375. The molecule has 7 heteroatoms. The zero-order valence-corrected chi connectivity index (χ0v) is 16.5. The molecule has 0 aliphatic rings. The third kappa shape index (κ3) is 5.04. The van der Waals surface area contributed by atoms with Crippen LogP contribution in [0.4, 0.5) is 0 Å². The minimum atomic E-state index is -3.54. The minimum absolute atomic E-state index is 0.271. The van der Waals surface area contributed by atoms with Crippen molar-refractivity contribution in [3.05, 3.63) is 45.7 Å². The molecule has 2 aromatic rings. The number of methoxy groups -OCH3 is 1. The quantitative estimate of drug-likeness (QED) is 0.716. The van der Waals surface area contributed by atoms with E-state index in [9.17, 15) is 8.42 Å². The lowest BCUT2D eigenvalue weighted by Crippen LogP contribution is -2.29. The second-order valence-electron chi connectivity index (χ2n) is 5.64. The van der Waals surface area contributed by atoms with Crippen LogP contribution in [0.2, 0.25) is 0 Å². The fourth-order valence-electron chi connectivity index (χ4n) is 2.25. The Morgan fingerprint density at radius 3 is 2.30 bits per heavy atom. The monoisotopic (exact) mass is 417 g/mol. The molecule has 0 spiro atoms. The number of hydrogen-bond donors (Lipinski definition) is 1. The Hall–Kier alpha value is -0.890. The molecular weight excluding hydrogens is 398 g/mol. The highest BCUT2D eigenvalue weighted by atomic mass is 79.9. The Labute approximate surface area is 150 Å². The highest BCUT2D eigenvalue weighted by Crippen LogP contribution is 2.29. The summed E-state index contributed by atoms with van der Waals surface area (Å²) in [5, 5.41) is 0. The van der Waals surface area contributed by atoms with Gasteiger partial charge in [0.2, 0.25) is 0 Å². The van der Waals surface area contributed by atoms with Crippen molar-refractivity contribution in [3.8, 4) is 5.75 Å². The maximum Gasteiger partial charge on any atom is 0.250 e. The van der Waals surface area contributed by atoms with Crippen molar-refractivity contribution in [3.63, 3.8) is 0 Å². The maximum atomic E-state index is 12.6. The standard InChI is InChI=1S/C16H20BrNO3S2/c1-11(2)10-14(12-4-6-13(21-3)7-5-12)18-23(19,20)16-9-8-15(17)22-16/h4-9,11,14,18H,10H2,1-3H3/t14-/m0/s1. The molecule has 0 aliphatic carbocycles. The van der Waals surface area contributed by atoms with Gasteiger partial charge in [-0.1, -0.05) is 26.0 Å². The van der Waals surface area contributed by atoms with Crippen LogP contribution in [0, 0.1) is 5.92 Å². The second kappa shape index (κ2) is 7.79. The van der Waals surface area contributed by atoms with E-state index >= 15 is 0 Å². The van der Waals surface area contributed by atoms with Gasteiger partial charge < -0.3 is 4.74 Å². The van der Waals surface area contributed by atoms with Gasteiger partial charge in [-0.05, 0) is 58.1 Å². The molecule has 0 unspecified atom stereocenters. The van der Waals surface area contributed by atoms with Crippen LogP contribution in [0.15, 0.2) is 44.4 Å². The van der Waals surface area contributed by atoms with E-state index in [4.69, 9.17) is 4.74 Å². The van der Waals surface area contributed by atoms with E-state index in [-0.39, 0.29) is 6.04 Å². The van der Waals surface area contributed by atoms with Crippen LogP contribution in [0.1, 0.15) is 31.9 Å². The first-order chi connectivity index (χ1) is 10.8. The zero-order valence-electron chi connectivity index (χ0n) is 13.2. The SMILES string of the molecule is COc1ccc([C@H](CC(C)C)NS(=O)(=O)c2ccc(Br)s2)cc1. The molecule has 1 aromatic carbocycles. The largest absolute Gasteiger partial charge is 0.497 e. The molecule has 1 heterocycles. The van der Waals surface area contributed by atoms with Gasteiger partial charge in [-0.15, -0.1) is 11.3 Å². The van der Waals surface area contributed by atoms with Gasteiger partial charge >= 0.3 is 0 Å². The van der Waals surface area contributed by atoms with Gasteiger partial charge in [-0.25, -0.2) is 13.1 Å². The van der Waals surface area contributed by atoms with Crippen LogP contribution in [0.25, 0.3) is 0 Å². The zero-order chi connectivity index (χ0) is 17.0. The number of thiophene rings is 1. The van der Waals surface area contributed by atoms with E-state index in [0.717, 1.165) is 21.5 Å². The molecule has 0 bridgehead atoms. The summed E-state index contributed by atoms with van der Waals surface area (Å²) in [6.07, 6.45) is 0.720. The minimum Gasteiger partial charge on any atom is -0.497 e. The van der Waals surface area contributed by atoms with E-state index in [1.54, 1.807) is 19.2 Å². The first-order valence-electron chi connectivity index (χ1n) is 7.23. The summed E-state index contributed by atoms with van der Waals surface area (Å²) in [6, 6.07) is 10.6. The van der Waals surface area contributed by atoms with Crippen molar-refractivity contribution in [1.82, 2.24) is 4.72 Å². The number of halogens is 1. The van der Waals surface area contributed by atoms with Gasteiger partial charge in [0.25, 0.3) is 10.0 Å². The lowest BCUT2D eigenvalue weighted by molar-refractivity contribution is 0.414. The number of ether oxygens (including phenoxy) is 1. The number of sulfonamides is 1. The lowest BCUT2D eigenvalue weighted by atomic mass is 9.98. The molecule has 1 aromatic heterocycles. The summed E-state index contributed by atoms with van der Waals surface area (Å²) in [7, 11) is -1.93. The van der Waals surface area contributed by atoms with E-state index in [2.05, 4.69) is 34.5 Å². The average Bonchev–Trinajstić information content (AvgIpc) is 2.93. The van der Waals surface area contributed by atoms with Gasteiger partial charge in [0.05, 0.1) is 10.9 Å². The average molecular weight is 418 g/mol. The van der Waals surface area contributed by atoms with Crippen LogP contribution in [-0.2, 0) is 10.0 Å². The molecule has 1 atom stereocenters. The number of rotatable bonds is 7. The molecule has 0 radical (unpaired) electrons. The van der Waals surface area contributed by atoms with Crippen molar-refractivity contribution >= 4 is 37.3 Å². The molecule has 0 amide bonds. The van der Waals surface area contributed by atoms with Crippen LogP contribution in [0.3, 0.4) is 0 Å². The van der Waals surface area contributed by atoms with Crippen LogP contribution < -0.4 is 9.46 Å². The normalized spacial score (nSPS) is 13.3. The smallest absolute Gasteiger partial charge is 0.250 e. The number of benzene rings is 1. The van der Waals surface area contributed by atoms with E-state index < -0.39 is 10.0 Å². The fourth-order valence-corrected chi connectivity index (χ4v) is 5.51. The summed E-state index contributed by atoms with van der Waals surface area (Å²) in [4.78, 5) is 0. The molecule has 0 fully saturated rings. The highest BCUT2D eigenvalue weighted by molar-refractivity contribution is 9.11. The summed E-state index contributed by atoms with van der Waals surface area (Å²) in [5.74, 6) is 1.11. The summed E-state index contributed by atoms with van der Waals surface area (Å²) in [6.45, 7) is 4.15. The molecule has 4 nitrogen and oxygen atoms in total. The van der Waals surface area contributed by atoms with Gasteiger partial charge in [0, 0.05) is 6.04 Å². The summed E-state index contributed by atoms with van der Waals surface area (Å²) >= 11 is 4.51. The molecule has 23 heavy (non-hydrogen) atoms. The van der Waals surface area contributed by atoms with E-state index in [0.29, 0.717) is 10.1 Å². The van der Waals surface area contributed by atoms with Gasteiger partial charge in [0.15, 0.2) is 0 Å². The van der Waals surface area contributed by atoms with Crippen molar-refractivity contribution in [2.45, 2.75) is 30.5 Å². The van der Waals surface area contributed by atoms with E-state index in [1.165, 1.54) is 11.3 Å². The molecule has 0 saturated heterocycles. The van der Waals surface area contributed by atoms with Crippen LogP contribution >= 0.6 is 27.3 Å². The van der Waals surface area contributed by atoms with Crippen molar-refractivity contribution in [1.29, 1.82) is 0 Å². The first-order valence-corrected chi connectivity index (χ1v) is 10.3. The third-order valence-electron chi connectivity index (χ3n) is 3.34. The molecule has 0 saturated carbocycles. The third-order valence-corrected chi connectivity index (χ3v) is 6.92. The highest BCUT2D eigenvalue weighted by Gasteiger charge is 2.23. The van der Waals surface area contributed by atoms with Crippen molar-refractivity contribution < 1.29 is 13.2 Å². The topological polar surface area (TPSA) is 55.4 Å². The molecular formula is C16H20BrNO3S2. The molecule has 2 rings (SSSR count). The Morgan fingerprint density at radius 1 is 1.17 bits per heavy atom. The predicted molar refractivity (Wildman–Crippen MR) is 97.5 cm³/mol. The predicted octanol–water partition coefficient (Wildman–Crippen LogP) is 4.58. The molecule has 0 aliphatic heterocycles. The van der Waals surface area contributed by atoms with Crippen LogP contribution in [0.5, 0.6) is 5.75 Å². The Morgan fingerprint density at radius 2 is 1.83 bits per heavy atom. The van der Waals surface area contributed by atoms with Gasteiger partial charge in [-0.2, -0.15) is 0 Å².